The van der Waals surface area contributed by atoms with Gasteiger partial charge in [-0.1, -0.05) is 12.8 Å². The molecule has 1 amide bonds. The number of fused-ring (bicyclic) bond motifs is 1. The molecule has 3 unspecified atom stereocenters. The Morgan fingerprint density at radius 2 is 1.88 bits per heavy atom. The van der Waals surface area contributed by atoms with Crippen molar-refractivity contribution < 1.29 is 18.7 Å². The highest BCUT2D eigenvalue weighted by molar-refractivity contribution is 5.82. The second kappa shape index (κ2) is 4.65. The van der Waals surface area contributed by atoms with E-state index in [9.17, 15) is 13.6 Å². The van der Waals surface area contributed by atoms with E-state index in [1.165, 1.54) is 12.8 Å². The van der Waals surface area contributed by atoms with Crippen LogP contribution in [-0.2, 0) is 4.79 Å². The Kier molecular flexibility index (Phi) is 3.42. The normalized spacial score (nSPS) is 34.4. The molecule has 2 fully saturated rings. The summed E-state index contributed by atoms with van der Waals surface area (Å²) in [5, 5.41) is 11.3. The first kappa shape index (κ1) is 11.8. The maximum atomic E-state index is 12.0. The number of carbonyl (C=O) groups is 1. The molecule has 0 bridgehead atoms. The van der Waals surface area contributed by atoms with Gasteiger partial charge in [-0.25, -0.2) is 8.78 Å². The summed E-state index contributed by atoms with van der Waals surface area (Å²) in [6.07, 6.45) is -0.0262. The van der Waals surface area contributed by atoms with Crippen LogP contribution in [0, 0.1) is 17.8 Å². The van der Waals surface area contributed by atoms with E-state index in [0.717, 1.165) is 12.8 Å². The molecule has 3 nitrogen and oxygen atoms in total. The fourth-order valence-corrected chi connectivity index (χ4v) is 2.79. The highest BCUT2D eigenvalue weighted by Gasteiger charge is 2.54. The Labute approximate surface area is 93.2 Å². The molecule has 5 heteroatoms. The van der Waals surface area contributed by atoms with E-state index in [1.807, 2.05) is 0 Å². The van der Waals surface area contributed by atoms with Gasteiger partial charge < -0.3 is 10.4 Å². The van der Waals surface area contributed by atoms with Gasteiger partial charge in [-0.05, 0) is 24.7 Å². The molecule has 2 rings (SSSR count). The van der Waals surface area contributed by atoms with Gasteiger partial charge in [-0.15, -0.1) is 0 Å². The first-order valence-electron chi connectivity index (χ1n) is 5.85. The van der Waals surface area contributed by atoms with Gasteiger partial charge in [0.25, 0.3) is 6.43 Å². The molecular formula is C11H17F2NO2. The topological polar surface area (TPSA) is 49.3 Å². The number of nitrogens with one attached hydrogen (secondary N) is 1. The first-order chi connectivity index (χ1) is 7.61. The molecule has 92 valence electrons. The van der Waals surface area contributed by atoms with E-state index in [4.69, 9.17) is 5.11 Å². The summed E-state index contributed by atoms with van der Waals surface area (Å²) in [7, 11) is 0. The van der Waals surface area contributed by atoms with Crippen molar-refractivity contribution in [3.05, 3.63) is 0 Å². The van der Waals surface area contributed by atoms with Crippen molar-refractivity contribution in [2.75, 3.05) is 6.54 Å². The lowest BCUT2D eigenvalue weighted by atomic mass is 10.0. The largest absolute Gasteiger partial charge is 0.385 e. The number of halogens is 2. The Bertz CT molecular complexity index is 261. The third-order valence-corrected chi connectivity index (χ3v) is 3.74. The molecule has 0 aliphatic heterocycles. The van der Waals surface area contributed by atoms with Crippen LogP contribution in [0.3, 0.4) is 0 Å². The van der Waals surface area contributed by atoms with Crippen molar-refractivity contribution in [3.8, 4) is 0 Å². The van der Waals surface area contributed by atoms with Crippen molar-refractivity contribution in [3.63, 3.8) is 0 Å². The standard InChI is InChI=1S/C11H17F2NO2/c12-10(13)8(15)5-14-11(16)9-6-3-1-2-4-7(6)9/h6-10,15H,1-5H2,(H,14,16). The van der Waals surface area contributed by atoms with Crippen molar-refractivity contribution in [2.45, 2.75) is 38.2 Å². The van der Waals surface area contributed by atoms with E-state index >= 15 is 0 Å². The van der Waals surface area contributed by atoms with Gasteiger partial charge in [0.1, 0.15) is 6.10 Å². The van der Waals surface area contributed by atoms with Crippen LogP contribution >= 0.6 is 0 Å². The van der Waals surface area contributed by atoms with Crippen LogP contribution in [0.4, 0.5) is 8.78 Å². The Morgan fingerprint density at radius 3 is 2.38 bits per heavy atom. The molecule has 0 aromatic carbocycles. The molecule has 0 radical (unpaired) electrons. The highest BCUT2D eigenvalue weighted by atomic mass is 19.3. The molecule has 0 aromatic heterocycles. The predicted octanol–water partition coefficient (Wildman–Crippen LogP) is 1.16. The van der Waals surface area contributed by atoms with Crippen molar-refractivity contribution in [2.24, 2.45) is 17.8 Å². The number of alkyl halides is 2. The second-order valence-electron chi connectivity index (χ2n) is 4.78. The maximum absolute atomic E-state index is 12.0. The Balaban J connectivity index is 1.73. The Morgan fingerprint density at radius 1 is 1.31 bits per heavy atom. The lowest BCUT2D eigenvalue weighted by molar-refractivity contribution is -0.123. The number of amides is 1. The minimum atomic E-state index is -2.79. The van der Waals surface area contributed by atoms with Crippen LogP contribution in [0.25, 0.3) is 0 Å². The van der Waals surface area contributed by atoms with Gasteiger partial charge in [0, 0.05) is 12.5 Å². The van der Waals surface area contributed by atoms with Crippen LogP contribution in [0.2, 0.25) is 0 Å². The van der Waals surface area contributed by atoms with E-state index in [0.29, 0.717) is 11.8 Å². The average molecular weight is 233 g/mol. The van der Waals surface area contributed by atoms with Crippen LogP contribution in [0.1, 0.15) is 25.7 Å². The quantitative estimate of drug-likeness (QED) is 0.765. The molecule has 2 aliphatic carbocycles. The zero-order valence-corrected chi connectivity index (χ0v) is 9.03. The number of hydrogen-bond donors (Lipinski definition) is 2. The van der Waals surface area contributed by atoms with E-state index < -0.39 is 12.5 Å². The first-order valence-corrected chi connectivity index (χ1v) is 5.85. The number of aliphatic hydroxyl groups excluding tert-OH is 1. The summed E-state index contributed by atoms with van der Waals surface area (Å²) in [6.45, 7) is -0.341. The van der Waals surface area contributed by atoms with Gasteiger partial charge in [0.2, 0.25) is 5.91 Å². The van der Waals surface area contributed by atoms with Gasteiger partial charge in [-0.3, -0.25) is 4.79 Å². The van der Waals surface area contributed by atoms with E-state index in [-0.39, 0.29) is 18.4 Å². The second-order valence-corrected chi connectivity index (χ2v) is 4.78. The molecule has 0 saturated heterocycles. The molecule has 3 atom stereocenters. The minimum absolute atomic E-state index is 0.0207. The molecule has 0 aromatic rings. The van der Waals surface area contributed by atoms with Crippen LogP contribution in [-0.4, -0.2) is 30.1 Å². The zero-order chi connectivity index (χ0) is 11.7. The third kappa shape index (κ3) is 2.34. The molecule has 16 heavy (non-hydrogen) atoms. The summed E-state index contributed by atoms with van der Waals surface area (Å²) in [6, 6.07) is 0. The van der Waals surface area contributed by atoms with Crippen LogP contribution in [0.15, 0.2) is 0 Å². The monoisotopic (exact) mass is 233 g/mol. The lowest BCUT2D eigenvalue weighted by Crippen LogP contribution is -2.37. The van der Waals surface area contributed by atoms with E-state index in [1.54, 1.807) is 0 Å². The molecule has 2 N–H and O–H groups in total. The van der Waals surface area contributed by atoms with Gasteiger partial charge in [0.05, 0.1) is 0 Å². The number of carbonyl (C=O) groups excluding carboxylic acids is 1. The summed E-state index contributed by atoms with van der Waals surface area (Å²) >= 11 is 0. The number of hydrogen-bond acceptors (Lipinski definition) is 2. The number of aliphatic hydroxyl groups is 1. The fraction of sp³-hybridized carbons (Fsp3) is 0.909. The number of rotatable bonds is 4. The molecule has 2 aliphatic rings. The summed E-state index contributed by atoms with van der Waals surface area (Å²) in [5.74, 6) is 0.804. The van der Waals surface area contributed by atoms with Gasteiger partial charge in [-0.2, -0.15) is 0 Å². The van der Waals surface area contributed by atoms with Crippen molar-refractivity contribution in [1.82, 2.24) is 5.32 Å². The molecule has 0 spiro atoms. The summed E-state index contributed by atoms with van der Waals surface area (Å²) in [5.41, 5.74) is 0. The Hall–Kier alpha value is -0.710. The third-order valence-electron chi connectivity index (χ3n) is 3.74. The maximum Gasteiger partial charge on any atom is 0.265 e. The smallest absolute Gasteiger partial charge is 0.265 e. The van der Waals surface area contributed by atoms with Gasteiger partial charge >= 0.3 is 0 Å². The van der Waals surface area contributed by atoms with E-state index in [2.05, 4.69) is 5.32 Å². The molecule has 2 saturated carbocycles. The predicted molar refractivity (Wildman–Crippen MR) is 54.0 cm³/mol. The van der Waals surface area contributed by atoms with Crippen LogP contribution in [0.5, 0.6) is 0 Å². The SMILES string of the molecule is O=C(NCC(O)C(F)F)C1C2CCCCC21. The van der Waals surface area contributed by atoms with Gasteiger partial charge in [0.15, 0.2) is 0 Å². The lowest BCUT2D eigenvalue weighted by Gasteiger charge is -2.10. The minimum Gasteiger partial charge on any atom is -0.385 e. The molecule has 0 heterocycles. The molecular weight excluding hydrogens is 216 g/mol. The summed E-state index contributed by atoms with van der Waals surface area (Å²) in [4.78, 5) is 11.6. The van der Waals surface area contributed by atoms with Crippen molar-refractivity contribution in [1.29, 1.82) is 0 Å². The highest BCUT2D eigenvalue weighted by Crippen LogP contribution is 2.55. The fourth-order valence-electron chi connectivity index (χ4n) is 2.79. The summed E-state index contributed by atoms with van der Waals surface area (Å²) < 4.78 is 24.0. The van der Waals surface area contributed by atoms with Crippen LogP contribution < -0.4 is 5.32 Å². The average Bonchev–Trinajstić information content (AvgIpc) is 2.99. The zero-order valence-electron chi connectivity index (χ0n) is 9.03. The van der Waals surface area contributed by atoms with Crippen molar-refractivity contribution >= 4 is 5.91 Å².